The lowest BCUT2D eigenvalue weighted by atomic mass is 10.0. The number of amides is 1. The summed E-state index contributed by atoms with van der Waals surface area (Å²) in [4.78, 5) is 23.5. The van der Waals surface area contributed by atoms with Gasteiger partial charge < -0.3 is 15.2 Å². The highest BCUT2D eigenvalue weighted by atomic mass is 16.4. The first-order valence-corrected chi connectivity index (χ1v) is 7.84. The molecule has 0 aliphatic carbocycles. The Labute approximate surface area is 145 Å². The second-order valence-corrected chi connectivity index (χ2v) is 5.66. The number of rotatable bonds is 4. The Kier molecular flexibility index (Phi) is 4.61. The Bertz CT molecular complexity index is 916. The second kappa shape index (κ2) is 7.01. The van der Waals surface area contributed by atoms with Crippen molar-refractivity contribution in [2.75, 3.05) is 5.32 Å². The van der Waals surface area contributed by atoms with Crippen LogP contribution in [-0.4, -0.2) is 11.9 Å². The lowest BCUT2D eigenvalue weighted by Crippen LogP contribution is -2.24. The lowest BCUT2D eigenvalue weighted by molar-refractivity contribution is -0.255. The minimum Gasteiger partial charge on any atom is -0.545 e. The van der Waals surface area contributed by atoms with Gasteiger partial charge >= 0.3 is 0 Å². The van der Waals surface area contributed by atoms with Crippen molar-refractivity contribution in [3.8, 4) is 11.1 Å². The zero-order chi connectivity index (χ0) is 17.8. The normalized spacial score (nSPS) is 10.3. The topological polar surface area (TPSA) is 69.2 Å². The van der Waals surface area contributed by atoms with Gasteiger partial charge in [-0.2, -0.15) is 0 Å². The van der Waals surface area contributed by atoms with Gasteiger partial charge in [0.15, 0.2) is 0 Å². The van der Waals surface area contributed by atoms with Crippen LogP contribution in [0.3, 0.4) is 0 Å². The number of benzene rings is 3. The monoisotopic (exact) mass is 330 g/mol. The minimum atomic E-state index is -1.26. The van der Waals surface area contributed by atoms with E-state index in [4.69, 9.17) is 0 Å². The van der Waals surface area contributed by atoms with Crippen LogP contribution in [0.2, 0.25) is 0 Å². The van der Waals surface area contributed by atoms with Gasteiger partial charge in [-0.1, -0.05) is 54.6 Å². The molecule has 3 rings (SSSR count). The molecule has 0 aromatic heterocycles. The molecule has 0 unspecified atom stereocenters. The van der Waals surface area contributed by atoms with Gasteiger partial charge in [0.25, 0.3) is 5.91 Å². The van der Waals surface area contributed by atoms with E-state index in [-0.39, 0.29) is 11.5 Å². The number of hydrogen-bond donors (Lipinski definition) is 1. The Morgan fingerprint density at radius 2 is 1.44 bits per heavy atom. The van der Waals surface area contributed by atoms with E-state index in [1.807, 2.05) is 42.5 Å². The van der Waals surface area contributed by atoms with Gasteiger partial charge in [0, 0.05) is 16.8 Å². The van der Waals surface area contributed by atoms with E-state index in [0.29, 0.717) is 16.8 Å². The van der Waals surface area contributed by atoms with Gasteiger partial charge in [0.1, 0.15) is 0 Å². The van der Waals surface area contributed by atoms with Gasteiger partial charge in [-0.25, -0.2) is 0 Å². The van der Waals surface area contributed by atoms with Crippen molar-refractivity contribution >= 4 is 17.6 Å². The van der Waals surface area contributed by atoms with E-state index < -0.39 is 5.97 Å². The van der Waals surface area contributed by atoms with Crippen LogP contribution in [0.4, 0.5) is 5.69 Å². The zero-order valence-electron chi connectivity index (χ0n) is 13.7. The molecule has 0 atom stereocenters. The second-order valence-electron chi connectivity index (χ2n) is 5.66. The molecule has 0 aliphatic heterocycles. The standard InChI is InChI=1S/C21H17NO3/c1-14-18(21(24)25)8-5-9-19(14)22-20(23)17-12-10-16(11-13-17)15-6-3-2-4-7-15/h2-13H,1H3,(H,22,23)(H,24,25)/p-1. The highest BCUT2D eigenvalue weighted by Crippen LogP contribution is 2.21. The molecule has 0 bridgehead atoms. The Morgan fingerprint density at radius 1 is 0.800 bits per heavy atom. The van der Waals surface area contributed by atoms with E-state index >= 15 is 0 Å². The molecule has 0 radical (unpaired) electrons. The van der Waals surface area contributed by atoms with Gasteiger partial charge in [0.2, 0.25) is 0 Å². The summed E-state index contributed by atoms with van der Waals surface area (Å²) in [5.74, 6) is -1.56. The third-order valence-corrected chi connectivity index (χ3v) is 4.06. The molecule has 0 fully saturated rings. The fraction of sp³-hybridized carbons (Fsp3) is 0.0476. The summed E-state index contributed by atoms with van der Waals surface area (Å²) in [5.41, 5.74) is 3.59. The molecule has 0 spiro atoms. The maximum Gasteiger partial charge on any atom is 0.255 e. The van der Waals surface area contributed by atoms with Crippen LogP contribution in [0, 0.1) is 6.92 Å². The van der Waals surface area contributed by atoms with E-state index in [1.54, 1.807) is 31.2 Å². The first-order chi connectivity index (χ1) is 12.1. The first kappa shape index (κ1) is 16.5. The number of aromatic carboxylic acids is 1. The van der Waals surface area contributed by atoms with Crippen molar-refractivity contribution in [3.63, 3.8) is 0 Å². The van der Waals surface area contributed by atoms with Crippen LogP contribution in [0.25, 0.3) is 11.1 Å². The zero-order valence-corrected chi connectivity index (χ0v) is 13.7. The molecule has 3 aromatic rings. The van der Waals surface area contributed by atoms with E-state index in [9.17, 15) is 14.7 Å². The van der Waals surface area contributed by atoms with Crippen LogP contribution >= 0.6 is 0 Å². The molecular weight excluding hydrogens is 314 g/mol. The largest absolute Gasteiger partial charge is 0.545 e. The summed E-state index contributed by atoms with van der Waals surface area (Å²) >= 11 is 0. The van der Waals surface area contributed by atoms with Crippen LogP contribution in [0.5, 0.6) is 0 Å². The number of carbonyl (C=O) groups is 2. The van der Waals surface area contributed by atoms with Crippen molar-refractivity contribution in [1.82, 2.24) is 0 Å². The molecule has 124 valence electrons. The van der Waals surface area contributed by atoms with Gasteiger partial charge in [-0.05, 0) is 41.8 Å². The summed E-state index contributed by atoms with van der Waals surface area (Å²) in [6, 6.07) is 21.8. The van der Waals surface area contributed by atoms with Crippen LogP contribution in [0.15, 0.2) is 72.8 Å². The van der Waals surface area contributed by atoms with Gasteiger partial charge in [-0.15, -0.1) is 0 Å². The minimum absolute atomic E-state index is 0.0669. The predicted molar refractivity (Wildman–Crippen MR) is 95.3 cm³/mol. The summed E-state index contributed by atoms with van der Waals surface area (Å²) < 4.78 is 0. The van der Waals surface area contributed by atoms with Crippen molar-refractivity contribution in [2.24, 2.45) is 0 Å². The van der Waals surface area contributed by atoms with Crippen LogP contribution < -0.4 is 10.4 Å². The Morgan fingerprint density at radius 3 is 2.08 bits per heavy atom. The van der Waals surface area contributed by atoms with Crippen molar-refractivity contribution in [3.05, 3.63) is 89.5 Å². The number of carboxylic acids is 1. The van der Waals surface area contributed by atoms with Crippen molar-refractivity contribution in [1.29, 1.82) is 0 Å². The van der Waals surface area contributed by atoms with Gasteiger partial charge in [0.05, 0.1) is 5.97 Å². The highest BCUT2D eigenvalue weighted by Gasteiger charge is 2.10. The fourth-order valence-corrected chi connectivity index (χ4v) is 2.63. The van der Waals surface area contributed by atoms with E-state index in [1.165, 1.54) is 6.07 Å². The number of nitrogens with one attached hydrogen (secondary N) is 1. The van der Waals surface area contributed by atoms with Crippen molar-refractivity contribution < 1.29 is 14.7 Å². The average molecular weight is 330 g/mol. The molecule has 0 aliphatic rings. The molecule has 4 heteroatoms. The molecule has 1 amide bonds. The number of anilines is 1. The third kappa shape index (κ3) is 3.58. The SMILES string of the molecule is Cc1c(NC(=O)c2ccc(-c3ccccc3)cc2)cccc1C(=O)[O-]. The summed E-state index contributed by atoms with van der Waals surface area (Å²) in [5, 5.41) is 13.8. The average Bonchev–Trinajstić information content (AvgIpc) is 2.64. The quantitative estimate of drug-likeness (QED) is 0.798. The summed E-state index contributed by atoms with van der Waals surface area (Å²) in [6.45, 7) is 1.64. The van der Waals surface area contributed by atoms with Gasteiger partial charge in [-0.3, -0.25) is 4.79 Å². The Balaban J connectivity index is 1.80. The maximum atomic E-state index is 12.4. The fourth-order valence-electron chi connectivity index (χ4n) is 2.63. The lowest BCUT2D eigenvalue weighted by Gasteiger charge is -2.13. The molecular formula is C21H16NO3-. The number of carbonyl (C=O) groups excluding carboxylic acids is 2. The molecule has 0 heterocycles. The van der Waals surface area contributed by atoms with Crippen LogP contribution in [0.1, 0.15) is 26.3 Å². The molecule has 0 saturated heterocycles. The maximum absolute atomic E-state index is 12.4. The Hall–Kier alpha value is -3.40. The first-order valence-electron chi connectivity index (χ1n) is 7.84. The third-order valence-electron chi connectivity index (χ3n) is 4.06. The molecule has 3 aromatic carbocycles. The van der Waals surface area contributed by atoms with E-state index in [2.05, 4.69) is 5.32 Å². The van der Waals surface area contributed by atoms with E-state index in [0.717, 1.165) is 11.1 Å². The molecule has 1 N–H and O–H groups in total. The molecule has 4 nitrogen and oxygen atoms in total. The summed E-state index contributed by atoms with van der Waals surface area (Å²) in [6.07, 6.45) is 0. The molecule has 25 heavy (non-hydrogen) atoms. The number of carboxylic acid groups (broad SMARTS) is 1. The number of hydrogen-bond acceptors (Lipinski definition) is 3. The van der Waals surface area contributed by atoms with Crippen LogP contribution in [-0.2, 0) is 0 Å². The highest BCUT2D eigenvalue weighted by molar-refractivity contribution is 6.05. The summed E-state index contributed by atoms with van der Waals surface area (Å²) in [7, 11) is 0. The smallest absolute Gasteiger partial charge is 0.255 e. The molecule has 0 saturated carbocycles. The predicted octanol–water partition coefficient (Wildman–Crippen LogP) is 3.28. The van der Waals surface area contributed by atoms with Crippen molar-refractivity contribution in [2.45, 2.75) is 6.92 Å².